The van der Waals surface area contributed by atoms with E-state index in [1.807, 2.05) is 0 Å². The zero-order valence-corrected chi connectivity index (χ0v) is 13.3. The maximum absolute atomic E-state index is 12.2. The van der Waals surface area contributed by atoms with Crippen LogP contribution < -0.4 is 10.6 Å². The lowest BCUT2D eigenvalue weighted by Crippen LogP contribution is -2.49. The van der Waals surface area contributed by atoms with Crippen LogP contribution in [-0.4, -0.2) is 43.3 Å². The monoisotopic (exact) mass is 318 g/mol. The molecule has 1 aromatic carbocycles. The Hall–Kier alpha value is -1.92. The molecule has 2 aliphatic heterocycles. The van der Waals surface area contributed by atoms with Crippen molar-refractivity contribution in [1.82, 2.24) is 5.32 Å². The molecule has 1 spiro atoms. The molecule has 6 heteroatoms. The summed E-state index contributed by atoms with van der Waals surface area (Å²) in [5.74, 6) is -0.0262. The van der Waals surface area contributed by atoms with Crippen molar-refractivity contribution in [3.63, 3.8) is 0 Å². The predicted octanol–water partition coefficient (Wildman–Crippen LogP) is 2.35. The second-order valence-corrected chi connectivity index (χ2v) is 6.26. The van der Waals surface area contributed by atoms with Crippen LogP contribution >= 0.6 is 0 Å². The number of rotatable bonds is 3. The van der Waals surface area contributed by atoms with E-state index in [4.69, 9.17) is 9.47 Å². The summed E-state index contributed by atoms with van der Waals surface area (Å²) in [4.78, 5) is 23.6. The molecular formula is C17H22N2O4. The highest BCUT2D eigenvalue weighted by atomic mass is 16.6. The molecule has 6 nitrogen and oxygen atoms in total. The van der Waals surface area contributed by atoms with Crippen LogP contribution in [0.15, 0.2) is 24.3 Å². The number of hydrogen-bond acceptors (Lipinski definition) is 4. The number of nitrogens with one attached hydrogen (secondary N) is 2. The summed E-state index contributed by atoms with van der Waals surface area (Å²) in [6, 6.07) is 6.74. The molecule has 3 rings (SSSR count). The number of hydrogen-bond donors (Lipinski definition) is 2. The average molecular weight is 318 g/mol. The largest absolute Gasteiger partial charge is 0.378 e. The van der Waals surface area contributed by atoms with E-state index in [2.05, 4.69) is 10.6 Å². The zero-order valence-electron chi connectivity index (χ0n) is 13.3. The SMILES string of the molecule is CC(=O)c1cccc(NC(=O)N[C@H]2CCO[C@@]3(CCOC3)C2)c1. The maximum Gasteiger partial charge on any atom is 0.319 e. The van der Waals surface area contributed by atoms with E-state index in [0.717, 1.165) is 25.9 Å². The van der Waals surface area contributed by atoms with Crippen molar-refractivity contribution < 1.29 is 19.1 Å². The molecule has 2 N–H and O–H groups in total. The Morgan fingerprint density at radius 1 is 1.30 bits per heavy atom. The fraction of sp³-hybridized carbons (Fsp3) is 0.529. The van der Waals surface area contributed by atoms with Crippen molar-refractivity contribution in [2.75, 3.05) is 25.1 Å². The number of Topliss-reactive ketones (excluding diaryl/α,β-unsaturated/α-hetero) is 1. The van der Waals surface area contributed by atoms with Crippen LogP contribution in [0.2, 0.25) is 0 Å². The van der Waals surface area contributed by atoms with E-state index in [9.17, 15) is 9.59 Å². The Kier molecular flexibility index (Phi) is 4.63. The number of anilines is 1. The van der Waals surface area contributed by atoms with Gasteiger partial charge in [0.25, 0.3) is 0 Å². The highest BCUT2D eigenvalue weighted by Crippen LogP contribution is 2.32. The highest BCUT2D eigenvalue weighted by Gasteiger charge is 2.41. The van der Waals surface area contributed by atoms with E-state index < -0.39 is 0 Å². The molecule has 124 valence electrons. The van der Waals surface area contributed by atoms with Gasteiger partial charge in [0, 0.05) is 36.9 Å². The Morgan fingerprint density at radius 2 is 2.17 bits per heavy atom. The van der Waals surface area contributed by atoms with Gasteiger partial charge in [-0.15, -0.1) is 0 Å². The summed E-state index contributed by atoms with van der Waals surface area (Å²) < 4.78 is 11.3. The van der Waals surface area contributed by atoms with Crippen molar-refractivity contribution in [3.8, 4) is 0 Å². The number of carbonyl (C=O) groups is 2. The van der Waals surface area contributed by atoms with E-state index in [-0.39, 0.29) is 23.5 Å². The van der Waals surface area contributed by atoms with Gasteiger partial charge in [-0.1, -0.05) is 12.1 Å². The van der Waals surface area contributed by atoms with Gasteiger partial charge in [0.2, 0.25) is 0 Å². The molecule has 0 aliphatic carbocycles. The molecule has 0 radical (unpaired) electrons. The van der Waals surface area contributed by atoms with Crippen molar-refractivity contribution in [2.45, 2.75) is 37.8 Å². The third-order valence-corrected chi connectivity index (χ3v) is 4.42. The quantitative estimate of drug-likeness (QED) is 0.839. The highest BCUT2D eigenvalue weighted by molar-refractivity contribution is 5.96. The van der Waals surface area contributed by atoms with Crippen LogP contribution in [0.5, 0.6) is 0 Å². The minimum atomic E-state index is -0.258. The first-order valence-corrected chi connectivity index (χ1v) is 7.97. The molecule has 2 heterocycles. The van der Waals surface area contributed by atoms with E-state index >= 15 is 0 Å². The second kappa shape index (κ2) is 6.68. The molecule has 0 bridgehead atoms. The summed E-state index contributed by atoms with van der Waals surface area (Å²) in [5.41, 5.74) is 0.960. The third kappa shape index (κ3) is 3.89. The van der Waals surface area contributed by atoms with Crippen molar-refractivity contribution in [1.29, 1.82) is 0 Å². The Morgan fingerprint density at radius 3 is 2.91 bits per heavy atom. The van der Waals surface area contributed by atoms with Gasteiger partial charge >= 0.3 is 6.03 Å². The molecule has 2 atom stereocenters. The van der Waals surface area contributed by atoms with Crippen LogP contribution in [0, 0.1) is 0 Å². The van der Waals surface area contributed by atoms with Gasteiger partial charge in [-0.05, 0) is 31.9 Å². The first-order chi connectivity index (χ1) is 11.1. The predicted molar refractivity (Wildman–Crippen MR) is 85.7 cm³/mol. The number of ketones is 1. The first-order valence-electron chi connectivity index (χ1n) is 7.97. The van der Waals surface area contributed by atoms with E-state index in [1.54, 1.807) is 24.3 Å². The molecule has 0 saturated carbocycles. The fourth-order valence-corrected chi connectivity index (χ4v) is 3.18. The summed E-state index contributed by atoms with van der Waals surface area (Å²) in [6.45, 7) is 3.46. The normalized spacial score (nSPS) is 26.9. The van der Waals surface area contributed by atoms with Crippen molar-refractivity contribution in [3.05, 3.63) is 29.8 Å². The molecular weight excluding hydrogens is 296 g/mol. The number of ether oxygens (including phenoxy) is 2. The summed E-state index contributed by atoms with van der Waals surface area (Å²) in [5, 5.41) is 5.79. The minimum Gasteiger partial charge on any atom is -0.378 e. The average Bonchev–Trinajstić information content (AvgIpc) is 2.95. The number of amides is 2. The topological polar surface area (TPSA) is 76.7 Å². The Bertz CT molecular complexity index is 596. The third-order valence-electron chi connectivity index (χ3n) is 4.42. The minimum absolute atomic E-state index is 0.0262. The van der Waals surface area contributed by atoms with Gasteiger partial charge in [0.05, 0.1) is 12.2 Å². The standard InChI is InChI=1S/C17H22N2O4/c1-12(20)13-3-2-4-14(9-13)18-16(21)19-15-5-7-23-17(10-15)6-8-22-11-17/h2-4,9,15H,5-8,10-11H2,1H3,(H2,18,19,21)/t15-,17-/m0/s1. The Labute approximate surface area is 135 Å². The smallest absolute Gasteiger partial charge is 0.319 e. The van der Waals surface area contributed by atoms with Crippen LogP contribution in [0.25, 0.3) is 0 Å². The van der Waals surface area contributed by atoms with Gasteiger partial charge in [0.15, 0.2) is 5.78 Å². The van der Waals surface area contributed by atoms with Crippen LogP contribution in [0.3, 0.4) is 0 Å². The van der Waals surface area contributed by atoms with Gasteiger partial charge < -0.3 is 20.1 Å². The van der Waals surface area contributed by atoms with Gasteiger partial charge in [-0.2, -0.15) is 0 Å². The lowest BCUT2D eigenvalue weighted by molar-refractivity contribution is -0.0877. The Balaban J connectivity index is 1.57. The molecule has 0 unspecified atom stereocenters. The van der Waals surface area contributed by atoms with Gasteiger partial charge in [-0.3, -0.25) is 4.79 Å². The van der Waals surface area contributed by atoms with Crippen molar-refractivity contribution >= 4 is 17.5 Å². The lowest BCUT2D eigenvalue weighted by Gasteiger charge is -2.37. The molecule has 0 aromatic heterocycles. The summed E-state index contributed by atoms with van der Waals surface area (Å²) >= 11 is 0. The molecule has 2 amide bonds. The second-order valence-electron chi connectivity index (χ2n) is 6.26. The number of carbonyl (C=O) groups excluding carboxylic acids is 2. The van der Waals surface area contributed by atoms with Crippen LogP contribution in [0.1, 0.15) is 36.5 Å². The summed E-state index contributed by atoms with van der Waals surface area (Å²) in [6.07, 6.45) is 2.45. The van der Waals surface area contributed by atoms with E-state index in [1.165, 1.54) is 6.92 Å². The maximum atomic E-state index is 12.2. The summed E-state index contributed by atoms with van der Waals surface area (Å²) in [7, 11) is 0. The fourth-order valence-electron chi connectivity index (χ4n) is 3.18. The van der Waals surface area contributed by atoms with E-state index in [0.29, 0.717) is 24.5 Å². The molecule has 2 fully saturated rings. The number of urea groups is 1. The zero-order chi connectivity index (χ0) is 16.3. The first kappa shape index (κ1) is 16.0. The number of benzene rings is 1. The molecule has 1 aromatic rings. The van der Waals surface area contributed by atoms with Gasteiger partial charge in [0.1, 0.15) is 0 Å². The lowest BCUT2D eigenvalue weighted by atomic mass is 9.90. The molecule has 2 aliphatic rings. The van der Waals surface area contributed by atoms with Crippen molar-refractivity contribution in [2.24, 2.45) is 0 Å². The van der Waals surface area contributed by atoms with Crippen LogP contribution in [0.4, 0.5) is 10.5 Å². The van der Waals surface area contributed by atoms with Crippen LogP contribution in [-0.2, 0) is 9.47 Å². The molecule has 2 saturated heterocycles. The molecule has 23 heavy (non-hydrogen) atoms. The van der Waals surface area contributed by atoms with Gasteiger partial charge in [-0.25, -0.2) is 4.79 Å².